The number of fused-ring (bicyclic) bond motifs is 1. The van der Waals surface area contributed by atoms with Gasteiger partial charge in [-0.05, 0) is 61.2 Å². The number of rotatable bonds is 8. The second-order valence-electron chi connectivity index (χ2n) is 8.70. The van der Waals surface area contributed by atoms with Crippen molar-refractivity contribution >= 4 is 27.4 Å². The van der Waals surface area contributed by atoms with Crippen LogP contribution in [0.15, 0.2) is 52.4 Å². The zero-order chi connectivity index (χ0) is 24.6. The number of hydrogen-bond acceptors (Lipinski definition) is 5. The molecule has 1 aliphatic heterocycles. The number of aromatic hydroxyl groups is 1. The van der Waals surface area contributed by atoms with Gasteiger partial charge in [0.2, 0.25) is 5.91 Å². The number of unbranched alkanes of at least 4 members (excludes halogenated alkanes) is 2. The van der Waals surface area contributed by atoms with E-state index in [2.05, 4.69) is 17.2 Å². The molecule has 3 N–H and O–H groups in total. The first-order valence-corrected chi connectivity index (χ1v) is 12.6. The van der Waals surface area contributed by atoms with Crippen LogP contribution in [-0.2, 0) is 26.7 Å². The molecule has 0 atom stereocenters. The third-order valence-corrected chi connectivity index (χ3v) is 6.66. The minimum atomic E-state index is -4.14. The Morgan fingerprint density at radius 2 is 1.76 bits per heavy atom. The molecule has 3 rings (SSSR count). The number of carbonyl (C=O) groups is 1. The topological polar surface area (TPSA) is 116 Å². The van der Waals surface area contributed by atoms with Gasteiger partial charge < -0.3 is 10.4 Å². The average molecular weight is 475 g/mol. The van der Waals surface area contributed by atoms with Crippen molar-refractivity contribution in [2.75, 3.05) is 6.54 Å². The highest BCUT2D eigenvalue weighted by atomic mass is 32.2. The van der Waals surface area contributed by atoms with Crippen LogP contribution in [0.1, 0.15) is 64.5 Å². The van der Waals surface area contributed by atoms with Crippen LogP contribution in [0.2, 0.25) is 0 Å². The summed E-state index contributed by atoms with van der Waals surface area (Å²) in [6, 6.07) is 11.6. The zero-order valence-corrected chi connectivity index (χ0v) is 20.6. The molecular formula is C25H34N2O5S. The van der Waals surface area contributed by atoms with E-state index < -0.39 is 10.1 Å². The zero-order valence-electron chi connectivity index (χ0n) is 19.8. The number of carbonyl (C=O) groups excluding carboxylic acids is 1. The predicted octanol–water partition coefficient (Wildman–Crippen LogP) is 4.95. The average Bonchev–Trinajstić information content (AvgIpc) is 2.98. The molecule has 7 nitrogen and oxygen atoms in total. The van der Waals surface area contributed by atoms with Crippen molar-refractivity contribution in [1.82, 2.24) is 5.32 Å². The minimum absolute atomic E-state index is 0.0794. The smallest absolute Gasteiger partial charge is 0.294 e. The molecular weight excluding hydrogens is 440 g/mol. The Balaban J connectivity index is 0.000000234. The predicted molar refractivity (Wildman–Crippen MR) is 131 cm³/mol. The van der Waals surface area contributed by atoms with Gasteiger partial charge in [0.15, 0.2) is 0 Å². The normalized spacial score (nSPS) is 14.0. The number of phenolic OH excluding ortho intramolecular Hbond substituents is 1. The van der Waals surface area contributed by atoms with E-state index in [0.29, 0.717) is 13.0 Å². The molecule has 0 fully saturated rings. The van der Waals surface area contributed by atoms with Crippen molar-refractivity contribution in [3.63, 3.8) is 0 Å². The fourth-order valence-electron chi connectivity index (χ4n) is 3.42. The second-order valence-corrected chi connectivity index (χ2v) is 10.1. The Hall–Kier alpha value is -2.71. The molecule has 0 aromatic heterocycles. The van der Waals surface area contributed by atoms with Crippen LogP contribution in [0.25, 0.3) is 0 Å². The van der Waals surface area contributed by atoms with Crippen molar-refractivity contribution in [1.29, 1.82) is 0 Å². The first kappa shape index (κ1) is 26.5. The van der Waals surface area contributed by atoms with Crippen molar-refractivity contribution in [3.05, 3.63) is 53.6 Å². The van der Waals surface area contributed by atoms with Crippen LogP contribution in [0, 0.1) is 0 Å². The van der Waals surface area contributed by atoms with Gasteiger partial charge in [0.05, 0.1) is 10.6 Å². The van der Waals surface area contributed by atoms with Gasteiger partial charge in [-0.2, -0.15) is 8.42 Å². The van der Waals surface area contributed by atoms with Gasteiger partial charge in [-0.15, -0.1) is 0 Å². The van der Waals surface area contributed by atoms with Crippen LogP contribution in [0.5, 0.6) is 5.75 Å². The van der Waals surface area contributed by atoms with E-state index in [9.17, 15) is 13.2 Å². The quantitative estimate of drug-likeness (QED) is 0.370. The lowest BCUT2D eigenvalue weighted by atomic mass is 9.82. The first-order valence-electron chi connectivity index (χ1n) is 11.2. The van der Waals surface area contributed by atoms with Gasteiger partial charge in [-0.3, -0.25) is 14.3 Å². The van der Waals surface area contributed by atoms with Gasteiger partial charge in [-0.25, -0.2) is 0 Å². The van der Waals surface area contributed by atoms with Crippen LogP contribution in [-0.4, -0.2) is 36.2 Å². The highest BCUT2D eigenvalue weighted by molar-refractivity contribution is 7.85. The van der Waals surface area contributed by atoms with Crippen molar-refractivity contribution < 1.29 is 22.9 Å². The molecule has 0 saturated carbocycles. The summed E-state index contributed by atoms with van der Waals surface area (Å²) in [5.41, 5.74) is 3.39. The van der Waals surface area contributed by atoms with Crippen LogP contribution < -0.4 is 5.32 Å². The Labute approximate surface area is 196 Å². The lowest BCUT2D eigenvalue weighted by molar-refractivity contribution is -0.121. The summed E-state index contributed by atoms with van der Waals surface area (Å²) >= 11 is 0. The highest BCUT2D eigenvalue weighted by Gasteiger charge is 2.33. The van der Waals surface area contributed by atoms with Crippen molar-refractivity contribution in [2.24, 2.45) is 4.99 Å². The molecule has 180 valence electrons. The molecule has 1 heterocycles. The van der Waals surface area contributed by atoms with Crippen LogP contribution in [0.4, 0.5) is 5.69 Å². The van der Waals surface area contributed by atoms with E-state index in [1.165, 1.54) is 12.1 Å². The van der Waals surface area contributed by atoms with E-state index in [0.717, 1.165) is 48.2 Å². The first-order chi connectivity index (χ1) is 15.4. The summed E-state index contributed by atoms with van der Waals surface area (Å²) < 4.78 is 31.1. The summed E-state index contributed by atoms with van der Waals surface area (Å²) in [4.78, 5) is 15.7. The number of aliphatic imine (C=N–C) groups is 1. The SMILES string of the molecule is CC1=Nc2ccc(S(=O)(=O)O)cc2C1(C)C.CCCCCC(=O)NCCc1ccc(O)cc1. The summed E-state index contributed by atoms with van der Waals surface area (Å²) in [7, 11) is -4.14. The van der Waals surface area contributed by atoms with E-state index in [1.54, 1.807) is 18.2 Å². The maximum absolute atomic E-state index is 11.4. The monoisotopic (exact) mass is 474 g/mol. The second kappa shape index (κ2) is 11.4. The third-order valence-electron chi connectivity index (χ3n) is 5.81. The molecule has 2 aromatic rings. The number of phenols is 1. The summed E-state index contributed by atoms with van der Waals surface area (Å²) in [6.07, 6.45) is 4.66. The maximum Gasteiger partial charge on any atom is 0.294 e. The molecule has 0 bridgehead atoms. The van der Waals surface area contributed by atoms with Gasteiger partial charge in [0, 0.05) is 24.1 Å². The number of nitrogens with zero attached hydrogens (tertiary/aromatic N) is 1. The molecule has 1 aliphatic rings. The maximum atomic E-state index is 11.4. The van der Waals surface area contributed by atoms with Gasteiger partial charge in [0.1, 0.15) is 5.75 Å². The molecule has 33 heavy (non-hydrogen) atoms. The molecule has 0 aliphatic carbocycles. The van der Waals surface area contributed by atoms with E-state index in [1.807, 2.05) is 32.9 Å². The molecule has 0 radical (unpaired) electrons. The van der Waals surface area contributed by atoms with E-state index in [4.69, 9.17) is 9.66 Å². The lowest BCUT2D eigenvalue weighted by Crippen LogP contribution is -2.25. The largest absolute Gasteiger partial charge is 0.508 e. The number of amides is 1. The van der Waals surface area contributed by atoms with E-state index in [-0.39, 0.29) is 22.0 Å². The molecule has 0 unspecified atom stereocenters. The fourth-order valence-corrected chi connectivity index (χ4v) is 3.93. The molecule has 1 amide bonds. The molecule has 8 heteroatoms. The Morgan fingerprint density at radius 1 is 1.09 bits per heavy atom. The molecule has 0 saturated heterocycles. The lowest BCUT2D eigenvalue weighted by Gasteiger charge is -2.20. The van der Waals surface area contributed by atoms with Crippen molar-refractivity contribution in [3.8, 4) is 5.75 Å². The van der Waals surface area contributed by atoms with Crippen LogP contribution in [0.3, 0.4) is 0 Å². The molecule has 0 spiro atoms. The molecule has 2 aromatic carbocycles. The summed E-state index contributed by atoms with van der Waals surface area (Å²) in [5, 5.41) is 12.0. The fraction of sp³-hybridized carbons (Fsp3) is 0.440. The third kappa shape index (κ3) is 7.68. The Morgan fingerprint density at radius 3 is 2.36 bits per heavy atom. The highest BCUT2D eigenvalue weighted by Crippen LogP contribution is 2.40. The van der Waals surface area contributed by atoms with Gasteiger partial charge in [-0.1, -0.05) is 45.7 Å². The Bertz CT molecular complexity index is 1090. The van der Waals surface area contributed by atoms with Crippen LogP contribution >= 0.6 is 0 Å². The number of hydrogen-bond donors (Lipinski definition) is 3. The number of benzene rings is 2. The summed E-state index contributed by atoms with van der Waals surface area (Å²) in [5.74, 6) is 0.412. The van der Waals surface area contributed by atoms with E-state index >= 15 is 0 Å². The number of nitrogens with one attached hydrogen (secondary N) is 1. The minimum Gasteiger partial charge on any atom is -0.508 e. The standard InChI is InChI=1S/C14H21NO2.C11H13NO3S/c1-2-3-4-5-14(17)15-11-10-12-6-8-13(16)9-7-12;1-7-11(2,3)9-6-8(16(13,14)15)4-5-10(9)12-7/h6-9,16H,2-5,10-11H2,1H3,(H,15,17);4-6H,1-3H3,(H,13,14,15). The summed E-state index contributed by atoms with van der Waals surface area (Å²) in [6.45, 7) is 8.66. The van der Waals surface area contributed by atoms with Crippen molar-refractivity contribution in [2.45, 2.75) is 70.1 Å². The Kier molecular flexibility index (Phi) is 9.19. The van der Waals surface area contributed by atoms with Gasteiger partial charge >= 0.3 is 0 Å². The van der Waals surface area contributed by atoms with Gasteiger partial charge in [0.25, 0.3) is 10.1 Å².